The topological polar surface area (TPSA) is 15.8 Å². The summed E-state index contributed by atoms with van der Waals surface area (Å²) in [6.45, 7) is 4.36. The van der Waals surface area contributed by atoms with E-state index in [0.29, 0.717) is 0 Å². The zero-order valence-corrected chi connectivity index (χ0v) is 8.57. The summed E-state index contributed by atoms with van der Waals surface area (Å²) in [7, 11) is 0. The molecule has 0 atom stereocenters. The Labute approximate surface area is 76.5 Å². The van der Waals surface area contributed by atoms with Gasteiger partial charge < -0.3 is 4.98 Å². The lowest BCUT2D eigenvalue weighted by atomic mass is 10.2. The van der Waals surface area contributed by atoms with Gasteiger partial charge in [-0.05, 0) is 25.1 Å². The second-order valence-corrected chi connectivity index (χ2v) is 4.29. The van der Waals surface area contributed by atoms with Crippen molar-refractivity contribution in [1.29, 1.82) is 0 Å². The Morgan fingerprint density at radius 3 is 2.73 bits per heavy atom. The lowest BCUT2D eigenvalue weighted by Gasteiger charge is -1.95. The van der Waals surface area contributed by atoms with E-state index in [1.165, 1.54) is 17.0 Å². The predicted molar refractivity (Wildman–Crippen MR) is 52.9 cm³/mol. The average Bonchev–Trinajstić information content (AvgIpc) is 2.32. The third-order valence-electron chi connectivity index (χ3n) is 1.63. The summed E-state index contributed by atoms with van der Waals surface area (Å²) >= 11 is 6.78. The zero-order chi connectivity index (χ0) is 8.27. The molecular weight excluding hydrogens is 174 g/mol. The van der Waals surface area contributed by atoms with E-state index < -0.39 is 0 Å². The van der Waals surface area contributed by atoms with Gasteiger partial charge in [0.2, 0.25) is 0 Å². The molecule has 1 N–H and O–H groups in total. The number of H-pyrrole nitrogens is 1. The molecule has 0 fully saturated rings. The Kier molecular flexibility index (Phi) is 3.27. The quantitative estimate of drug-likeness (QED) is 0.718. The van der Waals surface area contributed by atoms with Gasteiger partial charge >= 0.3 is 0 Å². The number of rotatable bonds is 3. The Balaban J connectivity index is 2.92. The van der Waals surface area contributed by atoms with Crippen molar-refractivity contribution in [1.82, 2.24) is 4.98 Å². The maximum atomic E-state index is 5.06. The first-order valence-corrected chi connectivity index (χ1v) is 5.21. The van der Waals surface area contributed by atoms with Gasteiger partial charge in [0.25, 0.3) is 0 Å². The molecule has 1 rings (SSSR count). The van der Waals surface area contributed by atoms with Crippen molar-refractivity contribution in [2.45, 2.75) is 33.1 Å². The van der Waals surface area contributed by atoms with Crippen molar-refractivity contribution in [2.75, 3.05) is 0 Å². The van der Waals surface area contributed by atoms with Crippen LogP contribution in [0.3, 0.4) is 0 Å². The Morgan fingerprint density at radius 1 is 1.45 bits per heavy atom. The van der Waals surface area contributed by atoms with Gasteiger partial charge in [-0.25, -0.2) is 0 Å². The van der Waals surface area contributed by atoms with Crippen LogP contribution in [0.25, 0.3) is 0 Å². The molecule has 0 aliphatic heterocycles. The number of aromatic nitrogens is 1. The molecule has 0 aliphatic rings. The van der Waals surface area contributed by atoms with Gasteiger partial charge in [0.15, 0.2) is 3.95 Å². The van der Waals surface area contributed by atoms with Crippen LogP contribution < -0.4 is 0 Å². The average molecular weight is 187 g/mol. The molecule has 62 valence electrons. The largest absolute Gasteiger partial charge is 0.341 e. The lowest BCUT2D eigenvalue weighted by Crippen LogP contribution is -1.87. The molecule has 1 nitrogen and oxygen atoms in total. The van der Waals surface area contributed by atoms with Gasteiger partial charge in [-0.2, -0.15) is 0 Å². The summed E-state index contributed by atoms with van der Waals surface area (Å²) in [4.78, 5) is 4.66. The summed E-state index contributed by atoms with van der Waals surface area (Å²) in [5.41, 5.74) is 1.35. The molecule has 0 saturated heterocycles. The van der Waals surface area contributed by atoms with Crippen LogP contribution in [0.5, 0.6) is 0 Å². The van der Waals surface area contributed by atoms with Gasteiger partial charge in [0.05, 0.1) is 0 Å². The van der Waals surface area contributed by atoms with Crippen molar-refractivity contribution in [2.24, 2.45) is 0 Å². The molecule has 0 radical (unpaired) electrons. The maximum Gasteiger partial charge on any atom is 0.158 e. The SMILES string of the molecule is CCCc1[nH]c(=S)sc1CC. The highest BCUT2D eigenvalue weighted by Crippen LogP contribution is 2.17. The molecule has 3 heteroatoms. The Morgan fingerprint density at radius 2 is 2.18 bits per heavy atom. The fourth-order valence-corrected chi connectivity index (χ4v) is 2.37. The van der Waals surface area contributed by atoms with Crippen LogP contribution in [0.1, 0.15) is 30.8 Å². The summed E-state index contributed by atoms with van der Waals surface area (Å²) in [5, 5.41) is 0. The first-order valence-electron chi connectivity index (χ1n) is 3.98. The predicted octanol–water partition coefficient (Wildman–Crippen LogP) is 3.32. The van der Waals surface area contributed by atoms with Crippen molar-refractivity contribution < 1.29 is 0 Å². The molecule has 0 bridgehead atoms. The molecule has 1 aromatic heterocycles. The molecule has 0 unspecified atom stereocenters. The van der Waals surface area contributed by atoms with Crippen LogP contribution in [0.2, 0.25) is 0 Å². The Bertz CT molecular complexity index is 272. The van der Waals surface area contributed by atoms with Crippen molar-refractivity contribution in [3.63, 3.8) is 0 Å². The molecule has 0 amide bonds. The minimum absolute atomic E-state index is 0.922. The zero-order valence-electron chi connectivity index (χ0n) is 6.94. The number of hydrogen-bond donors (Lipinski definition) is 1. The van der Waals surface area contributed by atoms with Gasteiger partial charge in [-0.1, -0.05) is 20.3 Å². The molecule has 0 aliphatic carbocycles. The summed E-state index contributed by atoms with van der Waals surface area (Å²) in [6, 6.07) is 0. The van der Waals surface area contributed by atoms with Gasteiger partial charge in [0, 0.05) is 10.6 Å². The third-order valence-corrected chi connectivity index (χ3v) is 3.05. The van der Waals surface area contributed by atoms with E-state index in [-0.39, 0.29) is 0 Å². The molecule has 1 aromatic rings. The molecule has 1 heterocycles. The van der Waals surface area contributed by atoms with Crippen LogP contribution in [0.15, 0.2) is 0 Å². The van der Waals surface area contributed by atoms with Crippen LogP contribution in [-0.2, 0) is 12.8 Å². The van der Waals surface area contributed by atoms with Gasteiger partial charge in [-0.3, -0.25) is 0 Å². The van der Waals surface area contributed by atoms with Crippen LogP contribution in [0.4, 0.5) is 0 Å². The van der Waals surface area contributed by atoms with Crippen LogP contribution in [0, 0.1) is 3.95 Å². The highest BCUT2D eigenvalue weighted by molar-refractivity contribution is 7.73. The van der Waals surface area contributed by atoms with Crippen LogP contribution >= 0.6 is 23.6 Å². The molecule has 0 aromatic carbocycles. The number of thiazole rings is 1. The van der Waals surface area contributed by atoms with E-state index >= 15 is 0 Å². The van der Waals surface area contributed by atoms with E-state index in [4.69, 9.17) is 12.2 Å². The van der Waals surface area contributed by atoms with Crippen molar-refractivity contribution in [3.8, 4) is 0 Å². The first-order chi connectivity index (χ1) is 5.27. The molecule has 0 saturated carbocycles. The van der Waals surface area contributed by atoms with E-state index in [0.717, 1.165) is 16.8 Å². The van der Waals surface area contributed by atoms with Gasteiger partial charge in [0.1, 0.15) is 0 Å². The first kappa shape index (κ1) is 8.94. The fourth-order valence-electron chi connectivity index (χ4n) is 1.13. The number of aryl methyl sites for hydroxylation is 2. The Hall–Kier alpha value is -0.150. The highest BCUT2D eigenvalue weighted by atomic mass is 32.1. The third kappa shape index (κ3) is 2.14. The smallest absolute Gasteiger partial charge is 0.158 e. The second kappa shape index (κ2) is 4.02. The molecular formula is C8H13NS2. The minimum Gasteiger partial charge on any atom is -0.341 e. The van der Waals surface area contributed by atoms with E-state index in [2.05, 4.69) is 18.8 Å². The highest BCUT2D eigenvalue weighted by Gasteiger charge is 2.01. The lowest BCUT2D eigenvalue weighted by molar-refractivity contribution is 0.873. The van der Waals surface area contributed by atoms with Crippen molar-refractivity contribution >= 4 is 23.6 Å². The fraction of sp³-hybridized carbons (Fsp3) is 0.625. The van der Waals surface area contributed by atoms with Crippen LogP contribution in [-0.4, -0.2) is 4.98 Å². The standard InChI is InChI=1S/C8H13NS2/c1-3-5-6-7(4-2)11-8(10)9-6/h3-5H2,1-2H3,(H,9,10). The number of aromatic amines is 1. The van der Waals surface area contributed by atoms with E-state index in [1.807, 2.05) is 0 Å². The second-order valence-electron chi connectivity index (χ2n) is 2.52. The minimum atomic E-state index is 0.922. The number of hydrogen-bond acceptors (Lipinski definition) is 2. The normalized spacial score (nSPS) is 10.4. The monoisotopic (exact) mass is 187 g/mol. The van der Waals surface area contributed by atoms with E-state index in [9.17, 15) is 0 Å². The summed E-state index contributed by atoms with van der Waals surface area (Å²) < 4.78 is 0.922. The van der Waals surface area contributed by atoms with Crippen molar-refractivity contribution in [3.05, 3.63) is 14.5 Å². The molecule has 0 spiro atoms. The number of nitrogens with one attached hydrogen (secondary N) is 1. The van der Waals surface area contributed by atoms with E-state index in [1.54, 1.807) is 11.3 Å². The maximum absolute atomic E-state index is 5.06. The summed E-state index contributed by atoms with van der Waals surface area (Å²) in [5.74, 6) is 0. The molecule has 11 heavy (non-hydrogen) atoms. The summed E-state index contributed by atoms with van der Waals surface area (Å²) in [6.07, 6.45) is 3.43. The van der Waals surface area contributed by atoms with Gasteiger partial charge in [-0.15, -0.1) is 11.3 Å².